The Morgan fingerprint density at radius 2 is 1.86 bits per heavy atom. The van der Waals surface area contributed by atoms with Crippen LogP contribution in [0.3, 0.4) is 0 Å². The maximum atomic E-state index is 12.6. The molecule has 1 aromatic heterocycles. The van der Waals surface area contributed by atoms with Crippen molar-refractivity contribution in [3.05, 3.63) is 58.7 Å². The lowest BCUT2D eigenvalue weighted by Gasteiger charge is -2.10. The highest BCUT2D eigenvalue weighted by atomic mass is 32.2. The van der Waals surface area contributed by atoms with Crippen molar-refractivity contribution in [2.75, 3.05) is 20.0 Å². The Balaban J connectivity index is 1.87. The lowest BCUT2D eigenvalue weighted by atomic mass is 10.1. The van der Waals surface area contributed by atoms with Gasteiger partial charge in [-0.05, 0) is 55.3 Å². The maximum absolute atomic E-state index is 12.6. The van der Waals surface area contributed by atoms with Gasteiger partial charge in [-0.15, -0.1) is 0 Å². The summed E-state index contributed by atoms with van der Waals surface area (Å²) in [5.74, 6) is 1.18. The summed E-state index contributed by atoms with van der Waals surface area (Å²) < 4.78 is 10.5. The highest BCUT2D eigenvalue weighted by Crippen LogP contribution is 2.30. The van der Waals surface area contributed by atoms with E-state index in [-0.39, 0.29) is 11.5 Å². The average molecular weight is 392 g/mol. The normalized spacial score (nSPS) is 10.5. The molecule has 0 saturated carbocycles. The monoisotopic (exact) mass is 392 g/mol. The van der Waals surface area contributed by atoms with Gasteiger partial charge in [0.25, 0.3) is 0 Å². The largest absolute Gasteiger partial charge is 0.493 e. The van der Waals surface area contributed by atoms with Crippen LogP contribution in [0.2, 0.25) is 0 Å². The Kier molecular flexibility index (Phi) is 5.86. The first kappa shape index (κ1) is 19.7. The fourth-order valence-corrected chi connectivity index (χ4v) is 3.89. The van der Waals surface area contributed by atoms with E-state index < -0.39 is 0 Å². The summed E-state index contributed by atoms with van der Waals surface area (Å²) in [6, 6.07) is 13.2. The number of hydrogen-bond donors (Lipinski definition) is 0. The van der Waals surface area contributed by atoms with Crippen molar-refractivity contribution in [2.24, 2.45) is 0 Å². The number of benzene rings is 2. The van der Waals surface area contributed by atoms with Crippen molar-refractivity contribution in [1.29, 1.82) is 5.26 Å². The summed E-state index contributed by atoms with van der Waals surface area (Å²) in [5, 5.41) is 11.0. The summed E-state index contributed by atoms with van der Waals surface area (Å²) in [6.45, 7) is 4.02. The molecule has 0 atom stereocenters. The van der Waals surface area contributed by atoms with Gasteiger partial charge in [0.15, 0.2) is 17.3 Å². The number of ether oxygens (including phenoxy) is 2. The predicted octanol–water partition coefficient (Wildman–Crippen LogP) is 4.72. The molecule has 0 aliphatic carbocycles. The smallest absolute Gasteiger partial charge is 0.173 e. The molecule has 0 amide bonds. The van der Waals surface area contributed by atoms with E-state index in [1.807, 2.05) is 26.0 Å². The lowest BCUT2D eigenvalue weighted by Crippen LogP contribution is -2.04. The van der Waals surface area contributed by atoms with Gasteiger partial charge in [-0.1, -0.05) is 17.8 Å². The molecular formula is C22H20N2O3S. The number of Topliss-reactive ketones (excluding diaryl/α,β-unsaturated/α-hetero) is 1. The second-order valence-electron chi connectivity index (χ2n) is 6.38. The van der Waals surface area contributed by atoms with Crippen molar-refractivity contribution in [3.8, 4) is 17.6 Å². The molecule has 0 saturated heterocycles. The van der Waals surface area contributed by atoms with E-state index in [9.17, 15) is 10.1 Å². The minimum absolute atomic E-state index is 0.0721. The summed E-state index contributed by atoms with van der Waals surface area (Å²) in [4.78, 5) is 17.3. The van der Waals surface area contributed by atoms with Crippen LogP contribution in [-0.4, -0.2) is 30.7 Å². The second-order valence-corrected chi connectivity index (χ2v) is 7.35. The molecule has 0 aliphatic heterocycles. The number of aryl methyl sites for hydroxylation is 2. The zero-order chi connectivity index (χ0) is 20.3. The van der Waals surface area contributed by atoms with Gasteiger partial charge < -0.3 is 9.47 Å². The van der Waals surface area contributed by atoms with Gasteiger partial charge in [0.2, 0.25) is 0 Å². The Morgan fingerprint density at radius 1 is 1.11 bits per heavy atom. The van der Waals surface area contributed by atoms with Crippen LogP contribution >= 0.6 is 11.8 Å². The SMILES string of the molecule is COc1ccc(C(=O)CSc2nc3cc(C)cc(C)c3cc2C#N)cc1OC. The van der Waals surface area contributed by atoms with Gasteiger partial charge in [-0.3, -0.25) is 4.79 Å². The van der Waals surface area contributed by atoms with Crippen molar-refractivity contribution in [3.63, 3.8) is 0 Å². The van der Waals surface area contributed by atoms with Gasteiger partial charge in [0.1, 0.15) is 11.1 Å². The molecule has 0 radical (unpaired) electrons. The molecule has 0 unspecified atom stereocenters. The van der Waals surface area contributed by atoms with Crippen molar-refractivity contribution < 1.29 is 14.3 Å². The van der Waals surface area contributed by atoms with E-state index in [0.717, 1.165) is 22.0 Å². The molecule has 0 bridgehead atoms. The quantitative estimate of drug-likeness (QED) is 0.447. The van der Waals surface area contributed by atoms with Gasteiger partial charge >= 0.3 is 0 Å². The molecule has 0 spiro atoms. The number of nitriles is 1. The minimum atomic E-state index is -0.0721. The summed E-state index contributed by atoms with van der Waals surface area (Å²) in [7, 11) is 3.08. The fourth-order valence-electron chi connectivity index (χ4n) is 3.03. The third kappa shape index (κ3) is 3.95. The summed E-state index contributed by atoms with van der Waals surface area (Å²) in [5.41, 5.74) is 4.02. The number of methoxy groups -OCH3 is 2. The third-order valence-electron chi connectivity index (χ3n) is 4.42. The number of thioether (sulfide) groups is 1. The number of nitrogens with zero attached hydrogens (tertiary/aromatic N) is 2. The van der Waals surface area contributed by atoms with Gasteiger partial charge in [0.05, 0.1) is 31.1 Å². The molecule has 0 aliphatic rings. The molecule has 6 heteroatoms. The predicted molar refractivity (Wildman–Crippen MR) is 111 cm³/mol. The van der Waals surface area contributed by atoms with Crippen LogP contribution in [-0.2, 0) is 0 Å². The number of carbonyl (C=O) groups excluding carboxylic acids is 1. The molecule has 0 fully saturated rings. The molecule has 2 aromatic carbocycles. The van der Waals surface area contributed by atoms with Crippen molar-refractivity contribution >= 4 is 28.4 Å². The van der Waals surface area contributed by atoms with Crippen LogP contribution in [0.15, 0.2) is 41.4 Å². The highest BCUT2D eigenvalue weighted by Gasteiger charge is 2.14. The van der Waals surface area contributed by atoms with E-state index in [4.69, 9.17) is 9.47 Å². The third-order valence-corrected chi connectivity index (χ3v) is 5.41. The van der Waals surface area contributed by atoms with E-state index in [2.05, 4.69) is 17.1 Å². The van der Waals surface area contributed by atoms with Crippen LogP contribution in [0.5, 0.6) is 11.5 Å². The van der Waals surface area contributed by atoms with Gasteiger partial charge in [-0.25, -0.2) is 4.98 Å². The molecule has 142 valence electrons. The van der Waals surface area contributed by atoms with Crippen LogP contribution in [0.4, 0.5) is 0 Å². The molecular weight excluding hydrogens is 372 g/mol. The number of pyridine rings is 1. The van der Waals surface area contributed by atoms with E-state index >= 15 is 0 Å². The lowest BCUT2D eigenvalue weighted by molar-refractivity contribution is 0.102. The Morgan fingerprint density at radius 3 is 2.54 bits per heavy atom. The Bertz CT molecular complexity index is 1100. The summed E-state index contributed by atoms with van der Waals surface area (Å²) in [6.07, 6.45) is 0. The van der Waals surface area contributed by atoms with Crippen molar-refractivity contribution in [1.82, 2.24) is 4.98 Å². The van der Waals surface area contributed by atoms with E-state index in [1.54, 1.807) is 25.3 Å². The standard InChI is InChI=1S/C22H20N2O3S/c1-13-7-14(2)17-9-16(11-23)22(24-18(17)8-13)28-12-19(25)15-5-6-20(26-3)21(10-15)27-4/h5-10H,12H2,1-4H3. The average Bonchev–Trinajstić information content (AvgIpc) is 2.70. The van der Waals surface area contributed by atoms with Crippen LogP contribution in [0.1, 0.15) is 27.0 Å². The molecule has 5 nitrogen and oxygen atoms in total. The molecule has 0 N–H and O–H groups in total. The Hall–Kier alpha value is -3.04. The van der Waals surface area contributed by atoms with Gasteiger partial charge in [-0.2, -0.15) is 5.26 Å². The molecule has 28 heavy (non-hydrogen) atoms. The maximum Gasteiger partial charge on any atom is 0.173 e. The number of fused-ring (bicyclic) bond motifs is 1. The number of carbonyl (C=O) groups is 1. The number of rotatable bonds is 6. The first-order valence-corrected chi connectivity index (χ1v) is 9.65. The number of ketones is 1. The van der Waals surface area contributed by atoms with Crippen LogP contribution < -0.4 is 9.47 Å². The fraction of sp³-hybridized carbons (Fsp3) is 0.227. The van der Waals surface area contributed by atoms with E-state index in [1.165, 1.54) is 18.9 Å². The topological polar surface area (TPSA) is 72.2 Å². The van der Waals surface area contributed by atoms with Gasteiger partial charge in [0, 0.05) is 10.9 Å². The first-order valence-electron chi connectivity index (χ1n) is 8.67. The zero-order valence-corrected chi connectivity index (χ0v) is 17.0. The summed E-state index contributed by atoms with van der Waals surface area (Å²) >= 11 is 1.27. The zero-order valence-electron chi connectivity index (χ0n) is 16.2. The second kappa shape index (κ2) is 8.32. The highest BCUT2D eigenvalue weighted by molar-refractivity contribution is 8.00. The molecule has 3 aromatic rings. The molecule has 1 heterocycles. The minimum Gasteiger partial charge on any atom is -0.493 e. The van der Waals surface area contributed by atoms with Crippen LogP contribution in [0.25, 0.3) is 10.9 Å². The van der Waals surface area contributed by atoms with Crippen LogP contribution in [0, 0.1) is 25.2 Å². The van der Waals surface area contributed by atoms with Crippen molar-refractivity contribution in [2.45, 2.75) is 18.9 Å². The number of aromatic nitrogens is 1. The first-order chi connectivity index (χ1) is 13.5. The number of hydrogen-bond acceptors (Lipinski definition) is 6. The van der Waals surface area contributed by atoms with E-state index in [0.29, 0.717) is 27.7 Å². The Labute approximate surface area is 168 Å². The molecule has 3 rings (SSSR count).